The lowest BCUT2D eigenvalue weighted by Crippen LogP contribution is -2.31. The third-order valence-electron chi connectivity index (χ3n) is 5.04. The van der Waals surface area contributed by atoms with E-state index in [1.165, 1.54) is 25.7 Å². The van der Waals surface area contributed by atoms with Gasteiger partial charge in [0.15, 0.2) is 0 Å². The summed E-state index contributed by atoms with van der Waals surface area (Å²) in [7, 11) is 1.71. The molecule has 138 valence electrons. The van der Waals surface area contributed by atoms with E-state index in [1.54, 1.807) is 7.11 Å². The average molecular weight is 351 g/mol. The van der Waals surface area contributed by atoms with Crippen LogP contribution in [0.25, 0.3) is 0 Å². The van der Waals surface area contributed by atoms with Crippen molar-refractivity contribution < 1.29 is 4.84 Å². The van der Waals surface area contributed by atoms with Gasteiger partial charge in [0, 0.05) is 12.3 Å². The zero-order chi connectivity index (χ0) is 18.0. The number of nitrogens with one attached hydrogen (secondary N) is 1. The Hall–Kier alpha value is -2.17. The number of unbranched alkanes of at least 4 members (excludes halogenated alkanes) is 1. The minimum absolute atomic E-state index is 0.516. The maximum Gasteiger partial charge on any atom is 0.0652 e. The number of nitrogens with zero attached hydrogens (tertiary/aromatic N) is 2. The number of benzene rings is 2. The molecule has 4 nitrogen and oxygen atoms in total. The molecule has 0 heterocycles. The average Bonchev–Trinajstić information content (AvgIpc) is 3.13. The minimum atomic E-state index is 0.516. The van der Waals surface area contributed by atoms with Gasteiger partial charge in [-0.3, -0.25) is 0 Å². The number of hydrazone groups is 1. The fourth-order valence-corrected chi connectivity index (χ4v) is 3.72. The van der Waals surface area contributed by atoms with Gasteiger partial charge in [0.05, 0.1) is 18.5 Å². The van der Waals surface area contributed by atoms with Crippen LogP contribution in [0.2, 0.25) is 0 Å². The maximum atomic E-state index is 5.13. The van der Waals surface area contributed by atoms with Gasteiger partial charge in [0.1, 0.15) is 0 Å². The molecule has 1 aliphatic carbocycles. The summed E-state index contributed by atoms with van der Waals surface area (Å²) in [6.07, 6.45) is 9.26. The molecule has 0 saturated heterocycles. The van der Waals surface area contributed by atoms with Gasteiger partial charge in [0.2, 0.25) is 0 Å². The predicted octanol–water partition coefficient (Wildman–Crippen LogP) is 5.30. The lowest BCUT2D eigenvalue weighted by Gasteiger charge is -2.20. The van der Waals surface area contributed by atoms with E-state index < -0.39 is 0 Å². The lowest BCUT2D eigenvalue weighted by atomic mass is 9.97. The Morgan fingerprint density at radius 3 is 2.31 bits per heavy atom. The third kappa shape index (κ3) is 5.16. The van der Waals surface area contributed by atoms with Gasteiger partial charge in [0.25, 0.3) is 0 Å². The van der Waals surface area contributed by atoms with Crippen molar-refractivity contribution in [1.82, 2.24) is 5.48 Å². The normalized spacial score (nSPS) is 19.9. The van der Waals surface area contributed by atoms with Gasteiger partial charge < -0.3 is 4.84 Å². The SMILES string of the molecule is CONC1CCCC1CCC/C=N/N(c1ccccc1)c1ccccc1. The molecule has 0 aliphatic heterocycles. The van der Waals surface area contributed by atoms with E-state index in [0.29, 0.717) is 6.04 Å². The number of para-hydroxylation sites is 2. The van der Waals surface area contributed by atoms with Crippen LogP contribution in [-0.4, -0.2) is 19.4 Å². The molecule has 0 spiro atoms. The first-order chi connectivity index (χ1) is 12.9. The molecule has 0 bridgehead atoms. The molecule has 4 heteroatoms. The van der Waals surface area contributed by atoms with Gasteiger partial charge in [-0.25, -0.2) is 5.01 Å². The summed E-state index contributed by atoms with van der Waals surface area (Å²) in [5, 5.41) is 6.76. The molecule has 0 radical (unpaired) electrons. The first-order valence-electron chi connectivity index (χ1n) is 9.59. The van der Waals surface area contributed by atoms with Crippen molar-refractivity contribution >= 4 is 17.6 Å². The van der Waals surface area contributed by atoms with Crippen molar-refractivity contribution in [2.75, 3.05) is 12.1 Å². The first kappa shape index (κ1) is 18.6. The van der Waals surface area contributed by atoms with Crippen LogP contribution in [0.4, 0.5) is 11.4 Å². The number of hydroxylamine groups is 1. The Bertz CT molecular complexity index is 620. The molecular weight excluding hydrogens is 322 g/mol. The van der Waals surface area contributed by atoms with Crippen LogP contribution >= 0.6 is 0 Å². The van der Waals surface area contributed by atoms with Crippen molar-refractivity contribution in [3.8, 4) is 0 Å². The molecule has 1 fully saturated rings. The maximum absolute atomic E-state index is 5.13. The molecule has 0 aromatic heterocycles. The Labute approximate surface area is 156 Å². The number of hydrogen-bond acceptors (Lipinski definition) is 4. The zero-order valence-corrected chi connectivity index (χ0v) is 15.6. The Balaban J connectivity index is 1.56. The molecule has 2 unspecified atom stereocenters. The van der Waals surface area contributed by atoms with Crippen molar-refractivity contribution in [3.05, 3.63) is 60.7 Å². The van der Waals surface area contributed by atoms with E-state index in [-0.39, 0.29) is 0 Å². The highest BCUT2D eigenvalue weighted by Gasteiger charge is 2.26. The van der Waals surface area contributed by atoms with Crippen molar-refractivity contribution in [3.63, 3.8) is 0 Å². The minimum Gasteiger partial charge on any atom is -0.305 e. The summed E-state index contributed by atoms with van der Waals surface area (Å²) in [6, 6.07) is 21.1. The third-order valence-corrected chi connectivity index (χ3v) is 5.04. The van der Waals surface area contributed by atoms with Crippen LogP contribution in [0.1, 0.15) is 38.5 Å². The predicted molar refractivity (Wildman–Crippen MR) is 109 cm³/mol. The molecule has 2 aromatic carbocycles. The number of anilines is 2. The second kappa shape index (κ2) is 10.1. The van der Waals surface area contributed by atoms with E-state index >= 15 is 0 Å². The van der Waals surface area contributed by atoms with Crippen molar-refractivity contribution in [2.45, 2.75) is 44.6 Å². The first-order valence-corrected chi connectivity index (χ1v) is 9.59. The number of rotatable bonds is 9. The van der Waals surface area contributed by atoms with Crippen molar-refractivity contribution in [1.29, 1.82) is 0 Å². The smallest absolute Gasteiger partial charge is 0.0652 e. The highest BCUT2D eigenvalue weighted by molar-refractivity contribution is 5.67. The summed E-state index contributed by atoms with van der Waals surface area (Å²) in [6.45, 7) is 0. The Morgan fingerprint density at radius 1 is 1.04 bits per heavy atom. The highest BCUT2D eigenvalue weighted by Crippen LogP contribution is 2.30. The van der Waals surface area contributed by atoms with Gasteiger partial charge in [-0.05, 0) is 62.3 Å². The second-order valence-electron chi connectivity index (χ2n) is 6.83. The Morgan fingerprint density at radius 2 is 1.69 bits per heavy atom. The Kier molecular flexibility index (Phi) is 7.23. The fourth-order valence-electron chi connectivity index (χ4n) is 3.72. The molecule has 1 saturated carbocycles. The summed E-state index contributed by atoms with van der Waals surface area (Å²) in [4.78, 5) is 5.13. The molecule has 1 aliphatic rings. The standard InChI is InChI=1S/C22H29N3O/c1-26-24-22-17-10-12-19(22)11-8-9-18-23-25(20-13-4-2-5-14-20)21-15-6-3-7-16-21/h2-7,13-16,18-19,22,24H,8-12,17H2,1H3/b23-18+. The van der Waals surface area contributed by atoms with Crippen LogP contribution in [-0.2, 0) is 4.84 Å². The van der Waals surface area contributed by atoms with Crippen LogP contribution in [0, 0.1) is 5.92 Å². The molecule has 0 amide bonds. The molecule has 1 N–H and O–H groups in total. The van der Waals surface area contributed by atoms with Gasteiger partial charge in [-0.2, -0.15) is 10.6 Å². The van der Waals surface area contributed by atoms with Crippen LogP contribution in [0.3, 0.4) is 0 Å². The van der Waals surface area contributed by atoms with E-state index in [9.17, 15) is 0 Å². The van der Waals surface area contributed by atoms with E-state index in [0.717, 1.165) is 30.1 Å². The van der Waals surface area contributed by atoms with Crippen LogP contribution in [0.15, 0.2) is 65.8 Å². The summed E-state index contributed by atoms with van der Waals surface area (Å²) >= 11 is 0. The monoisotopic (exact) mass is 351 g/mol. The molecule has 3 rings (SSSR count). The summed E-state index contributed by atoms with van der Waals surface area (Å²) in [5.41, 5.74) is 5.31. The molecule has 2 atom stereocenters. The number of hydrogen-bond donors (Lipinski definition) is 1. The summed E-state index contributed by atoms with van der Waals surface area (Å²) in [5.74, 6) is 0.725. The molecule has 2 aromatic rings. The van der Waals surface area contributed by atoms with Crippen LogP contribution < -0.4 is 10.5 Å². The highest BCUT2D eigenvalue weighted by atomic mass is 16.6. The van der Waals surface area contributed by atoms with E-state index in [1.807, 2.05) is 47.6 Å². The quantitative estimate of drug-likeness (QED) is 0.378. The second-order valence-corrected chi connectivity index (χ2v) is 6.83. The topological polar surface area (TPSA) is 36.9 Å². The van der Waals surface area contributed by atoms with Gasteiger partial charge >= 0.3 is 0 Å². The van der Waals surface area contributed by atoms with Crippen LogP contribution in [0.5, 0.6) is 0 Å². The molecule has 26 heavy (non-hydrogen) atoms. The van der Waals surface area contributed by atoms with Gasteiger partial charge in [-0.15, -0.1) is 0 Å². The van der Waals surface area contributed by atoms with Crippen molar-refractivity contribution in [2.24, 2.45) is 11.0 Å². The lowest BCUT2D eigenvalue weighted by molar-refractivity contribution is 0.0474. The fraction of sp³-hybridized carbons (Fsp3) is 0.409. The van der Waals surface area contributed by atoms with Gasteiger partial charge in [-0.1, -0.05) is 42.8 Å². The van der Waals surface area contributed by atoms with E-state index in [4.69, 9.17) is 9.94 Å². The summed E-state index contributed by atoms with van der Waals surface area (Å²) < 4.78 is 0. The molecular formula is C22H29N3O. The largest absolute Gasteiger partial charge is 0.305 e. The van der Waals surface area contributed by atoms with E-state index in [2.05, 4.69) is 29.7 Å². The zero-order valence-electron chi connectivity index (χ0n) is 15.6.